The number of hydrogen-bond acceptors (Lipinski definition) is 5. The predicted molar refractivity (Wildman–Crippen MR) is 139 cm³/mol. The Labute approximate surface area is 210 Å². The topological polar surface area (TPSA) is 66.3 Å². The van der Waals surface area contributed by atoms with Crippen LogP contribution in [-0.4, -0.2) is 50.7 Å². The monoisotopic (exact) mass is 478 g/mol. The van der Waals surface area contributed by atoms with Gasteiger partial charge in [-0.05, 0) is 57.6 Å². The van der Waals surface area contributed by atoms with E-state index in [4.69, 9.17) is 0 Å². The van der Waals surface area contributed by atoms with E-state index in [0.717, 1.165) is 56.1 Å². The van der Waals surface area contributed by atoms with Crippen LogP contribution >= 0.6 is 0 Å². The van der Waals surface area contributed by atoms with Gasteiger partial charge in [0.05, 0.1) is 12.2 Å². The first kappa shape index (κ1) is 24.3. The summed E-state index contributed by atoms with van der Waals surface area (Å²) in [6.07, 6.45) is 10.5. The third kappa shape index (κ3) is 5.25. The van der Waals surface area contributed by atoms with Crippen molar-refractivity contribution in [2.75, 3.05) is 18.1 Å². The molecule has 2 aliphatic heterocycles. The molecule has 35 heavy (non-hydrogen) atoms. The van der Waals surface area contributed by atoms with Crippen molar-refractivity contribution >= 4 is 11.6 Å². The van der Waals surface area contributed by atoms with Gasteiger partial charge in [-0.3, -0.25) is 20.1 Å². The Morgan fingerprint density at radius 2 is 1.69 bits per heavy atom. The molecule has 1 aromatic carbocycles. The number of anilines is 1. The number of aryl methyl sites for hydroxylation is 1. The largest absolute Gasteiger partial charge is 0.312 e. The van der Waals surface area contributed by atoms with Crippen LogP contribution in [0.5, 0.6) is 0 Å². The lowest BCUT2D eigenvalue weighted by Crippen LogP contribution is -2.51. The summed E-state index contributed by atoms with van der Waals surface area (Å²) < 4.78 is 2.42. The molecule has 2 bridgehead atoms. The Bertz CT molecular complexity index is 969. The number of aromatic nitrogens is 3. The molecule has 0 spiro atoms. The van der Waals surface area contributed by atoms with Gasteiger partial charge in [0.1, 0.15) is 11.6 Å². The second-order valence-electron chi connectivity index (χ2n) is 11.2. The maximum absolute atomic E-state index is 13.1. The van der Waals surface area contributed by atoms with Gasteiger partial charge in [-0.2, -0.15) is 0 Å². The summed E-state index contributed by atoms with van der Waals surface area (Å²) in [6.45, 7) is 8.30. The highest BCUT2D eigenvalue weighted by atomic mass is 16.2. The minimum absolute atomic E-state index is 0.157. The number of para-hydroxylation sites is 1. The van der Waals surface area contributed by atoms with Gasteiger partial charge in [0, 0.05) is 36.5 Å². The zero-order valence-corrected chi connectivity index (χ0v) is 21.7. The first-order chi connectivity index (χ1) is 17.0. The molecule has 1 saturated carbocycles. The number of piperidine rings is 1. The van der Waals surface area contributed by atoms with Crippen molar-refractivity contribution in [3.8, 4) is 0 Å². The number of rotatable bonds is 8. The molecule has 7 heteroatoms. The van der Waals surface area contributed by atoms with E-state index in [9.17, 15) is 4.79 Å². The Kier molecular flexibility index (Phi) is 7.42. The Hall–Kier alpha value is -2.41. The van der Waals surface area contributed by atoms with Crippen molar-refractivity contribution in [1.29, 1.82) is 0 Å². The third-order valence-corrected chi connectivity index (χ3v) is 8.50. The molecule has 1 aliphatic carbocycles. The first-order valence-electron chi connectivity index (χ1n) is 13.8. The van der Waals surface area contributed by atoms with Crippen molar-refractivity contribution in [3.05, 3.63) is 42.0 Å². The number of benzene rings is 1. The third-order valence-electron chi connectivity index (χ3n) is 8.50. The number of fused-ring (bicyclic) bond motifs is 2. The molecular weight excluding hydrogens is 436 g/mol. The summed E-state index contributed by atoms with van der Waals surface area (Å²) in [5.74, 6) is 2.91. The van der Waals surface area contributed by atoms with Crippen LogP contribution < -0.4 is 10.4 Å². The molecule has 1 aromatic heterocycles. The van der Waals surface area contributed by atoms with E-state index in [2.05, 4.69) is 75.1 Å². The summed E-state index contributed by atoms with van der Waals surface area (Å²) in [7, 11) is 0. The Morgan fingerprint density at radius 1 is 1.00 bits per heavy atom. The van der Waals surface area contributed by atoms with Crippen LogP contribution in [0.4, 0.5) is 5.69 Å². The molecule has 2 aromatic rings. The predicted octanol–water partition coefficient (Wildman–Crippen LogP) is 5.00. The molecule has 1 unspecified atom stereocenters. The maximum Gasteiger partial charge on any atom is 0.241 e. The van der Waals surface area contributed by atoms with Crippen LogP contribution in [0.2, 0.25) is 0 Å². The first-order valence-corrected chi connectivity index (χ1v) is 13.8. The number of nitrogens with zero attached hydrogens (tertiary/aromatic N) is 5. The quantitative estimate of drug-likeness (QED) is 0.541. The van der Waals surface area contributed by atoms with Crippen LogP contribution in [0.3, 0.4) is 0 Å². The van der Waals surface area contributed by atoms with Gasteiger partial charge in [-0.15, -0.1) is 10.2 Å². The summed E-state index contributed by atoms with van der Waals surface area (Å²) in [5, 5.41) is 11.0. The fourth-order valence-electron chi connectivity index (χ4n) is 6.71. The van der Waals surface area contributed by atoms with E-state index in [-0.39, 0.29) is 11.8 Å². The lowest BCUT2D eigenvalue weighted by atomic mass is 9.89. The molecule has 2 saturated heterocycles. The molecular formula is C28H42N6O. The smallest absolute Gasteiger partial charge is 0.241 e. The molecule has 3 aliphatic rings. The highest BCUT2D eigenvalue weighted by molar-refractivity contribution is 5.80. The van der Waals surface area contributed by atoms with Gasteiger partial charge in [-0.1, -0.05) is 51.3 Å². The van der Waals surface area contributed by atoms with E-state index in [1.807, 2.05) is 6.07 Å². The van der Waals surface area contributed by atoms with E-state index in [0.29, 0.717) is 24.0 Å². The number of amides is 1. The normalized spacial score (nSPS) is 25.2. The number of nitrogens with one attached hydrogen (secondary N) is 1. The van der Waals surface area contributed by atoms with E-state index < -0.39 is 0 Å². The standard InChI is InChI=1S/C28H42N6O/c1-20(2)27-30-29-21(3)34(27)26-18-24-14-15-25(19-26)32(24)16-17-33(23-12-8-5-9-13-23)31-28(35)22-10-6-4-7-11-22/h5,8-9,12-13,20,22,24-26H,4,6-7,10-11,14-19H2,1-3H3,(H,31,35)/t24-,25+,26?. The second kappa shape index (κ2) is 10.7. The van der Waals surface area contributed by atoms with Gasteiger partial charge in [0.25, 0.3) is 0 Å². The van der Waals surface area contributed by atoms with Crippen LogP contribution in [0.25, 0.3) is 0 Å². The molecule has 3 heterocycles. The minimum atomic E-state index is 0.157. The maximum atomic E-state index is 13.1. The fraction of sp³-hybridized carbons (Fsp3) is 0.679. The number of hydrogen-bond donors (Lipinski definition) is 1. The molecule has 3 fully saturated rings. The molecule has 0 radical (unpaired) electrons. The van der Waals surface area contributed by atoms with Crippen molar-refractivity contribution in [1.82, 2.24) is 25.1 Å². The van der Waals surface area contributed by atoms with Gasteiger partial charge in [-0.25, -0.2) is 0 Å². The van der Waals surface area contributed by atoms with Crippen LogP contribution in [-0.2, 0) is 4.79 Å². The van der Waals surface area contributed by atoms with Gasteiger partial charge in [0.2, 0.25) is 5.91 Å². The number of carbonyl (C=O) groups is 1. The average Bonchev–Trinajstić information content (AvgIpc) is 3.38. The van der Waals surface area contributed by atoms with Gasteiger partial charge < -0.3 is 4.57 Å². The van der Waals surface area contributed by atoms with Crippen molar-refractivity contribution in [2.45, 2.75) is 103 Å². The Morgan fingerprint density at radius 3 is 2.34 bits per heavy atom. The molecule has 190 valence electrons. The highest BCUT2D eigenvalue weighted by Crippen LogP contribution is 2.42. The SMILES string of the molecule is Cc1nnc(C(C)C)n1C1C[C@H]2CC[C@@H](C1)N2CCN(NC(=O)C1CCCCC1)c1ccccc1. The summed E-state index contributed by atoms with van der Waals surface area (Å²) in [6, 6.07) is 12.0. The fourth-order valence-corrected chi connectivity index (χ4v) is 6.71. The van der Waals surface area contributed by atoms with Gasteiger partial charge >= 0.3 is 0 Å². The van der Waals surface area contributed by atoms with E-state index in [1.165, 1.54) is 32.1 Å². The van der Waals surface area contributed by atoms with Gasteiger partial charge in [0.15, 0.2) is 0 Å². The summed E-state index contributed by atoms with van der Waals surface area (Å²) in [4.78, 5) is 15.8. The number of hydrazine groups is 1. The van der Waals surface area contributed by atoms with E-state index >= 15 is 0 Å². The second-order valence-corrected chi connectivity index (χ2v) is 11.2. The van der Waals surface area contributed by atoms with Crippen LogP contribution in [0.15, 0.2) is 30.3 Å². The lowest BCUT2D eigenvalue weighted by molar-refractivity contribution is -0.126. The molecule has 5 rings (SSSR count). The molecule has 1 N–H and O–H groups in total. The minimum Gasteiger partial charge on any atom is -0.312 e. The van der Waals surface area contributed by atoms with Crippen molar-refractivity contribution in [3.63, 3.8) is 0 Å². The lowest BCUT2D eigenvalue weighted by Gasteiger charge is -2.41. The zero-order chi connectivity index (χ0) is 24.4. The highest BCUT2D eigenvalue weighted by Gasteiger charge is 2.42. The Balaban J connectivity index is 1.25. The summed E-state index contributed by atoms with van der Waals surface area (Å²) in [5.41, 5.74) is 4.37. The zero-order valence-electron chi connectivity index (χ0n) is 21.7. The van der Waals surface area contributed by atoms with Crippen LogP contribution in [0, 0.1) is 12.8 Å². The summed E-state index contributed by atoms with van der Waals surface area (Å²) >= 11 is 0. The van der Waals surface area contributed by atoms with Crippen molar-refractivity contribution in [2.24, 2.45) is 5.92 Å². The van der Waals surface area contributed by atoms with E-state index in [1.54, 1.807) is 0 Å². The molecule has 7 nitrogen and oxygen atoms in total. The van der Waals surface area contributed by atoms with Crippen molar-refractivity contribution < 1.29 is 4.79 Å². The van der Waals surface area contributed by atoms with Crippen LogP contribution in [0.1, 0.15) is 95.2 Å². The molecule has 3 atom stereocenters. The molecule has 1 amide bonds. The average molecular weight is 479 g/mol. The number of carbonyl (C=O) groups excluding carboxylic acids is 1.